The van der Waals surface area contributed by atoms with Crippen molar-refractivity contribution in [3.63, 3.8) is 0 Å². The highest BCUT2D eigenvalue weighted by Gasteiger charge is 2.56. The van der Waals surface area contributed by atoms with E-state index in [1.807, 2.05) is 43.3 Å². The second kappa shape index (κ2) is 9.97. The van der Waals surface area contributed by atoms with E-state index in [0.29, 0.717) is 40.6 Å². The molecule has 0 radical (unpaired) electrons. The molecule has 3 aromatic rings. The molecule has 2 aliphatic rings. The van der Waals surface area contributed by atoms with E-state index >= 15 is 0 Å². The highest BCUT2D eigenvalue weighted by atomic mass is 35.5. The number of rotatable bonds is 8. The first-order valence-electron chi connectivity index (χ1n) is 11.7. The molecule has 2 heterocycles. The number of carbonyl (C=O) groups is 1. The largest absolute Gasteiger partial charge is 0.380 e. The Bertz CT molecular complexity index is 1380. The van der Waals surface area contributed by atoms with Gasteiger partial charge in [0.15, 0.2) is 0 Å². The molecule has 1 amide bonds. The average molecular weight is 508 g/mol. The normalized spacial score (nSPS) is 21.0. The lowest BCUT2D eigenvalue weighted by Gasteiger charge is -2.13. The van der Waals surface area contributed by atoms with Crippen molar-refractivity contribution in [2.45, 2.75) is 6.42 Å². The van der Waals surface area contributed by atoms with Crippen molar-refractivity contribution in [3.05, 3.63) is 71.3 Å². The maximum Gasteiger partial charge on any atom is 0.248 e. The zero-order valence-corrected chi connectivity index (χ0v) is 20.8. The molecule has 2 aromatic carbocycles. The number of carbonyl (C=O) groups excluding carboxylic acids is 1. The van der Waals surface area contributed by atoms with Crippen molar-refractivity contribution < 1.29 is 13.9 Å². The topological polar surface area (TPSA) is 79.4 Å². The van der Waals surface area contributed by atoms with Gasteiger partial charge in [-0.3, -0.25) is 4.79 Å². The summed E-state index contributed by atoms with van der Waals surface area (Å²) in [7, 11) is 3.88. The molecule has 2 N–H and O–H groups in total. The smallest absolute Gasteiger partial charge is 0.248 e. The molecular formula is C27H27ClFN5O2. The summed E-state index contributed by atoms with van der Waals surface area (Å²) in [6, 6.07) is 8.15. The van der Waals surface area contributed by atoms with Crippen molar-refractivity contribution in [2.24, 2.45) is 11.3 Å². The Hall–Kier alpha value is -3.33. The monoisotopic (exact) mass is 507 g/mol. The van der Waals surface area contributed by atoms with Crippen LogP contribution in [0.1, 0.15) is 12.0 Å². The molecule has 1 aliphatic heterocycles. The van der Waals surface area contributed by atoms with Crippen LogP contribution in [0.2, 0.25) is 5.02 Å². The molecule has 1 saturated heterocycles. The number of nitrogens with one attached hydrogen (secondary N) is 2. The maximum atomic E-state index is 13.6. The van der Waals surface area contributed by atoms with Gasteiger partial charge in [0.1, 0.15) is 18.0 Å². The van der Waals surface area contributed by atoms with Gasteiger partial charge in [0.25, 0.3) is 0 Å². The molecule has 0 spiro atoms. The van der Waals surface area contributed by atoms with Crippen LogP contribution in [-0.4, -0.2) is 54.6 Å². The van der Waals surface area contributed by atoms with E-state index in [2.05, 4.69) is 26.7 Å². The molecule has 2 atom stereocenters. The zero-order valence-electron chi connectivity index (χ0n) is 20.1. The summed E-state index contributed by atoms with van der Waals surface area (Å²) in [6.45, 7) is 2.19. The molecule has 7 nitrogen and oxygen atoms in total. The van der Waals surface area contributed by atoms with Gasteiger partial charge in [-0.2, -0.15) is 0 Å². The first-order chi connectivity index (χ1) is 17.3. The van der Waals surface area contributed by atoms with Crippen LogP contribution < -0.4 is 10.6 Å². The summed E-state index contributed by atoms with van der Waals surface area (Å²) in [5.41, 5.74) is 2.87. The number of hydrogen-bond acceptors (Lipinski definition) is 6. The minimum atomic E-state index is -0.497. The van der Waals surface area contributed by atoms with Crippen LogP contribution in [-0.2, 0) is 9.53 Å². The number of aromatic nitrogens is 2. The van der Waals surface area contributed by atoms with Gasteiger partial charge in [-0.1, -0.05) is 29.8 Å². The molecule has 5 rings (SSSR count). The van der Waals surface area contributed by atoms with Gasteiger partial charge in [-0.25, -0.2) is 14.4 Å². The lowest BCUT2D eigenvalue weighted by molar-refractivity contribution is -0.111. The number of fused-ring (bicyclic) bond motifs is 2. The molecular weight excluding hydrogens is 481 g/mol. The maximum absolute atomic E-state index is 13.6. The number of amides is 1. The molecule has 1 aliphatic carbocycles. The predicted octanol–water partition coefficient (Wildman–Crippen LogP) is 5.27. The number of anilines is 3. The van der Waals surface area contributed by atoms with E-state index in [1.165, 1.54) is 24.5 Å². The van der Waals surface area contributed by atoms with Crippen LogP contribution in [0.3, 0.4) is 0 Å². The van der Waals surface area contributed by atoms with Gasteiger partial charge in [-0.15, -0.1) is 0 Å². The third-order valence-electron chi connectivity index (χ3n) is 6.55. The van der Waals surface area contributed by atoms with Crippen molar-refractivity contribution in [3.8, 4) is 0 Å². The minimum absolute atomic E-state index is 0.0110. The second-order valence-corrected chi connectivity index (χ2v) is 9.98. The Morgan fingerprint density at radius 1 is 1.31 bits per heavy atom. The van der Waals surface area contributed by atoms with Crippen LogP contribution >= 0.6 is 11.6 Å². The molecule has 0 bridgehead atoms. The van der Waals surface area contributed by atoms with E-state index in [-0.39, 0.29) is 16.3 Å². The first kappa shape index (κ1) is 24.4. The van der Waals surface area contributed by atoms with E-state index in [4.69, 9.17) is 16.3 Å². The lowest BCUT2D eigenvalue weighted by Crippen LogP contribution is -2.13. The van der Waals surface area contributed by atoms with Crippen LogP contribution in [0.15, 0.2) is 54.9 Å². The van der Waals surface area contributed by atoms with Crippen molar-refractivity contribution >= 4 is 51.7 Å². The molecule has 1 saturated carbocycles. The molecule has 36 heavy (non-hydrogen) atoms. The van der Waals surface area contributed by atoms with Gasteiger partial charge in [0.05, 0.1) is 23.8 Å². The van der Waals surface area contributed by atoms with Gasteiger partial charge in [0.2, 0.25) is 5.91 Å². The predicted molar refractivity (Wildman–Crippen MR) is 141 cm³/mol. The standard InChI is InChI=1S/C27H27ClFN5O2/c1-34(2)9-3-4-25(35)33-23-12-20-24(10-17(23)7-8-27-13-18(27)14-36-15-27)30-16-31-26(20)32-19-5-6-22(29)21(28)11-19/h3-8,10-12,16,18H,9,13-15H2,1-2H3,(H,33,35)(H,30,31,32). The van der Waals surface area contributed by atoms with Gasteiger partial charge >= 0.3 is 0 Å². The molecule has 9 heteroatoms. The Morgan fingerprint density at radius 2 is 2.17 bits per heavy atom. The summed E-state index contributed by atoms with van der Waals surface area (Å²) in [4.78, 5) is 23.5. The summed E-state index contributed by atoms with van der Waals surface area (Å²) < 4.78 is 19.2. The Morgan fingerprint density at radius 3 is 2.89 bits per heavy atom. The number of benzene rings is 2. The summed E-state index contributed by atoms with van der Waals surface area (Å²) in [5, 5.41) is 6.90. The average Bonchev–Trinajstić information content (AvgIpc) is 3.38. The molecule has 186 valence electrons. The fraction of sp³-hybridized carbons (Fsp3) is 0.296. The lowest BCUT2D eigenvalue weighted by atomic mass is 10.0. The van der Waals surface area contributed by atoms with Gasteiger partial charge in [-0.05, 0) is 62.3 Å². The van der Waals surface area contributed by atoms with Crippen LogP contribution in [0.4, 0.5) is 21.6 Å². The summed E-state index contributed by atoms with van der Waals surface area (Å²) in [5.74, 6) is 0.363. The van der Waals surface area contributed by atoms with Gasteiger partial charge in [0, 0.05) is 34.8 Å². The van der Waals surface area contributed by atoms with Crippen molar-refractivity contribution in [1.29, 1.82) is 0 Å². The fourth-order valence-electron chi connectivity index (χ4n) is 4.42. The van der Waals surface area contributed by atoms with E-state index in [9.17, 15) is 9.18 Å². The van der Waals surface area contributed by atoms with Gasteiger partial charge < -0.3 is 20.3 Å². The first-order valence-corrected chi connectivity index (χ1v) is 12.1. The van der Waals surface area contributed by atoms with E-state index in [1.54, 1.807) is 6.07 Å². The van der Waals surface area contributed by atoms with Crippen LogP contribution in [0, 0.1) is 17.2 Å². The third-order valence-corrected chi connectivity index (χ3v) is 6.84. The van der Waals surface area contributed by atoms with Crippen LogP contribution in [0.25, 0.3) is 17.0 Å². The SMILES string of the molecule is CN(C)CC=CC(=O)Nc1cc2c(Nc3ccc(F)c(Cl)c3)ncnc2cc1C=CC12COCC1C2. The van der Waals surface area contributed by atoms with Crippen molar-refractivity contribution in [1.82, 2.24) is 14.9 Å². The Kier molecular flexibility index (Phi) is 6.75. The number of likely N-dealkylation sites (N-methyl/N-ethyl adjacent to an activating group) is 1. The Balaban J connectivity index is 1.50. The number of hydrogen-bond donors (Lipinski definition) is 2. The highest BCUT2D eigenvalue weighted by molar-refractivity contribution is 6.31. The fourth-order valence-corrected chi connectivity index (χ4v) is 4.60. The molecule has 2 unspecified atom stereocenters. The van der Waals surface area contributed by atoms with E-state index < -0.39 is 5.82 Å². The molecule has 2 fully saturated rings. The summed E-state index contributed by atoms with van der Waals surface area (Å²) >= 11 is 5.94. The number of ether oxygens (including phenoxy) is 1. The van der Waals surface area contributed by atoms with E-state index in [0.717, 1.165) is 25.2 Å². The zero-order chi connectivity index (χ0) is 25.3. The third kappa shape index (κ3) is 5.26. The van der Waals surface area contributed by atoms with Crippen LogP contribution in [0.5, 0.6) is 0 Å². The number of halogens is 2. The summed E-state index contributed by atoms with van der Waals surface area (Å²) in [6.07, 6.45) is 10.2. The highest BCUT2D eigenvalue weighted by Crippen LogP contribution is 2.58. The molecule has 1 aromatic heterocycles. The Labute approximate surface area is 214 Å². The minimum Gasteiger partial charge on any atom is -0.380 e. The number of nitrogens with zero attached hydrogens (tertiary/aromatic N) is 3. The van der Waals surface area contributed by atoms with Crippen molar-refractivity contribution in [2.75, 3.05) is 44.5 Å². The quantitative estimate of drug-likeness (QED) is 0.404. The second-order valence-electron chi connectivity index (χ2n) is 9.57.